The van der Waals surface area contributed by atoms with Gasteiger partial charge in [-0.15, -0.1) is 6.42 Å². The highest BCUT2D eigenvalue weighted by molar-refractivity contribution is 7.98. The van der Waals surface area contributed by atoms with E-state index in [0.717, 1.165) is 5.75 Å². The third-order valence-corrected chi connectivity index (χ3v) is 2.44. The molecule has 1 N–H and O–H groups in total. The predicted octanol–water partition coefficient (Wildman–Crippen LogP) is 1.09. The first-order valence-corrected chi connectivity index (χ1v) is 5.86. The SMILES string of the molecule is C#Cc1cc(NC(=O)CCSC)n(C)n1. The van der Waals surface area contributed by atoms with Crippen molar-refractivity contribution < 1.29 is 4.79 Å². The van der Waals surface area contributed by atoms with E-state index in [2.05, 4.69) is 16.3 Å². The summed E-state index contributed by atoms with van der Waals surface area (Å²) in [6.07, 6.45) is 7.67. The molecular weight excluding hydrogens is 210 g/mol. The molecule has 0 bridgehead atoms. The van der Waals surface area contributed by atoms with Gasteiger partial charge < -0.3 is 5.32 Å². The van der Waals surface area contributed by atoms with Crippen molar-refractivity contribution in [3.8, 4) is 12.3 Å². The van der Waals surface area contributed by atoms with Crippen molar-refractivity contribution in [2.75, 3.05) is 17.3 Å². The van der Waals surface area contributed by atoms with E-state index >= 15 is 0 Å². The molecule has 80 valence electrons. The van der Waals surface area contributed by atoms with Crippen LogP contribution in [0, 0.1) is 12.3 Å². The maximum absolute atomic E-state index is 11.4. The molecule has 0 saturated heterocycles. The predicted molar refractivity (Wildman–Crippen MR) is 62.8 cm³/mol. The molecule has 0 unspecified atom stereocenters. The third kappa shape index (κ3) is 3.33. The van der Waals surface area contributed by atoms with Gasteiger partial charge in [-0.3, -0.25) is 9.48 Å². The zero-order valence-electron chi connectivity index (χ0n) is 8.78. The van der Waals surface area contributed by atoms with E-state index in [4.69, 9.17) is 6.42 Å². The number of hydrogen-bond donors (Lipinski definition) is 1. The molecule has 0 spiro atoms. The minimum absolute atomic E-state index is 0.0177. The molecule has 1 aromatic rings. The largest absolute Gasteiger partial charge is 0.311 e. The van der Waals surface area contributed by atoms with Gasteiger partial charge in [-0.2, -0.15) is 16.9 Å². The fourth-order valence-electron chi connectivity index (χ4n) is 1.05. The van der Waals surface area contributed by atoms with Gasteiger partial charge in [-0.1, -0.05) is 0 Å². The molecule has 0 atom stereocenters. The topological polar surface area (TPSA) is 46.9 Å². The fourth-order valence-corrected chi connectivity index (χ4v) is 1.44. The number of anilines is 1. The molecule has 15 heavy (non-hydrogen) atoms. The second-order valence-electron chi connectivity index (χ2n) is 2.97. The minimum Gasteiger partial charge on any atom is -0.311 e. The second kappa shape index (κ2) is 5.47. The van der Waals surface area contributed by atoms with E-state index in [9.17, 15) is 4.79 Å². The van der Waals surface area contributed by atoms with Crippen LogP contribution >= 0.6 is 11.8 Å². The Labute approximate surface area is 93.4 Å². The second-order valence-corrected chi connectivity index (χ2v) is 3.96. The molecule has 0 aliphatic rings. The van der Waals surface area contributed by atoms with Gasteiger partial charge in [-0.25, -0.2) is 0 Å². The summed E-state index contributed by atoms with van der Waals surface area (Å²) in [5.74, 6) is 3.84. The quantitative estimate of drug-likeness (QED) is 0.777. The van der Waals surface area contributed by atoms with Gasteiger partial charge in [0.1, 0.15) is 11.5 Å². The molecule has 5 heteroatoms. The van der Waals surface area contributed by atoms with Crippen LogP contribution in [-0.2, 0) is 11.8 Å². The molecule has 0 fully saturated rings. The molecule has 0 radical (unpaired) electrons. The standard InChI is InChI=1S/C10H13N3OS/c1-4-8-7-9(13(2)12-8)11-10(14)5-6-15-3/h1,7H,5-6H2,2-3H3,(H,11,14). The molecular formula is C10H13N3OS. The number of nitrogens with one attached hydrogen (secondary N) is 1. The molecule has 1 aromatic heterocycles. The van der Waals surface area contributed by atoms with Crippen molar-refractivity contribution in [1.82, 2.24) is 9.78 Å². The molecule has 1 rings (SSSR count). The summed E-state index contributed by atoms with van der Waals surface area (Å²) in [5.41, 5.74) is 0.526. The van der Waals surface area contributed by atoms with Gasteiger partial charge in [0.05, 0.1) is 0 Å². The third-order valence-electron chi connectivity index (χ3n) is 1.83. The van der Waals surface area contributed by atoms with Crippen molar-refractivity contribution in [3.63, 3.8) is 0 Å². The lowest BCUT2D eigenvalue weighted by molar-refractivity contribution is -0.115. The lowest BCUT2D eigenvalue weighted by atomic mass is 10.4. The van der Waals surface area contributed by atoms with Crippen LogP contribution in [0.25, 0.3) is 0 Å². The average Bonchev–Trinajstić information content (AvgIpc) is 2.57. The lowest BCUT2D eigenvalue weighted by Crippen LogP contribution is -2.14. The Morgan fingerprint density at radius 1 is 1.80 bits per heavy atom. The van der Waals surface area contributed by atoms with Crippen LogP contribution in [0.3, 0.4) is 0 Å². The van der Waals surface area contributed by atoms with Gasteiger partial charge in [0.15, 0.2) is 0 Å². The van der Waals surface area contributed by atoms with Crippen LogP contribution in [-0.4, -0.2) is 27.7 Å². The molecule has 4 nitrogen and oxygen atoms in total. The summed E-state index contributed by atoms with van der Waals surface area (Å²) >= 11 is 1.64. The highest BCUT2D eigenvalue weighted by atomic mass is 32.2. The Hall–Kier alpha value is -1.41. The van der Waals surface area contributed by atoms with Gasteiger partial charge in [0, 0.05) is 25.3 Å². The van der Waals surface area contributed by atoms with Crippen LogP contribution in [0.4, 0.5) is 5.82 Å². The minimum atomic E-state index is -0.0177. The van der Waals surface area contributed by atoms with E-state index in [1.165, 1.54) is 0 Å². The zero-order chi connectivity index (χ0) is 11.3. The number of rotatable bonds is 4. The summed E-state index contributed by atoms with van der Waals surface area (Å²) in [5, 5.41) is 6.78. The summed E-state index contributed by atoms with van der Waals surface area (Å²) < 4.78 is 1.56. The van der Waals surface area contributed by atoms with E-state index in [1.807, 2.05) is 6.26 Å². The first-order valence-electron chi connectivity index (χ1n) is 4.47. The van der Waals surface area contributed by atoms with Crippen molar-refractivity contribution in [2.45, 2.75) is 6.42 Å². The Balaban J connectivity index is 2.60. The number of hydrogen-bond acceptors (Lipinski definition) is 3. The number of aromatic nitrogens is 2. The molecule has 1 amide bonds. The van der Waals surface area contributed by atoms with Crippen LogP contribution in [0.15, 0.2) is 6.07 Å². The molecule has 0 aliphatic heterocycles. The van der Waals surface area contributed by atoms with Gasteiger partial charge in [0.2, 0.25) is 5.91 Å². The van der Waals surface area contributed by atoms with Crippen LogP contribution in [0.2, 0.25) is 0 Å². The number of thioether (sulfide) groups is 1. The first-order chi connectivity index (χ1) is 7.17. The van der Waals surface area contributed by atoms with Gasteiger partial charge >= 0.3 is 0 Å². The molecule has 0 aliphatic carbocycles. The highest BCUT2D eigenvalue weighted by Crippen LogP contribution is 2.08. The number of terminal acetylenes is 1. The lowest BCUT2D eigenvalue weighted by Gasteiger charge is -2.03. The van der Waals surface area contributed by atoms with Gasteiger partial charge in [0.25, 0.3) is 0 Å². The average molecular weight is 223 g/mol. The molecule has 0 aromatic carbocycles. The number of aryl methyl sites for hydroxylation is 1. The van der Waals surface area contributed by atoms with Gasteiger partial charge in [-0.05, 0) is 12.2 Å². The van der Waals surface area contributed by atoms with Crippen molar-refractivity contribution in [2.24, 2.45) is 7.05 Å². The fraction of sp³-hybridized carbons (Fsp3) is 0.400. The Morgan fingerprint density at radius 2 is 2.53 bits per heavy atom. The van der Waals surface area contributed by atoms with Crippen LogP contribution in [0.5, 0.6) is 0 Å². The molecule has 1 heterocycles. The summed E-state index contributed by atoms with van der Waals surface area (Å²) in [6, 6.07) is 1.68. The Kier molecular flexibility index (Phi) is 4.25. The normalized spacial score (nSPS) is 9.67. The molecule has 0 saturated carbocycles. The van der Waals surface area contributed by atoms with E-state index in [-0.39, 0.29) is 5.91 Å². The highest BCUT2D eigenvalue weighted by Gasteiger charge is 2.06. The Morgan fingerprint density at radius 3 is 3.07 bits per heavy atom. The number of carbonyl (C=O) groups excluding carboxylic acids is 1. The van der Waals surface area contributed by atoms with E-state index < -0.39 is 0 Å². The summed E-state index contributed by atoms with van der Waals surface area (Å²) in [7, 11) is 1.74. The summed E-state index contributed by atoms with van der Waals surface area (Å²) in [6.45, 7) is 0. The smallest absolute Gasteiger partial charge is 0.226 e. The maximum atomic E-state index is 11.4. The van der Waals surface area contributed by atoms with Crippen molar-refractivity contribution in [3.05, 3.63) is 11.8 Å². The Bertz CT molecular complexity index is 392. The maximum Gasteiger partial charge on any atom is 0.226 e. The van der Waals surface area contributed by atoms with Crippen molar-refractivity contribution in [1.29, 1.82) is 0 Å². The number of nitrogens with zero attached hydrogens (tertiary/aromatic N) is 2. The van der Waals surface area contributed by atoms with E-state index in [0.29, 0.717) is 17.9 Å². The zero-order valence-corrected chi connectivity index (χ0v) is 9.60. The number of carbonyl (C=O) groups is 1. The van der Waals surface area contributed by atoms with Crippen molar-refractivity contribution >= 4 is 23.5 Å². The van der Waals surface area contributed by atoms with Crippen LogP contribution < -0.4 is 5.32 Å². The number of amides is 1. The van der Waals surface area contributed by atoms with E-state index in [1.54, 1.807) is 29.6 Å². The summed E-state index contributed by atoms with van der Waals surface area (Å²) in [4.78, 5) is 11.4. The monoisotopic (exact) mass is 223 g/mol. The first kappa shape index (κ1) is 11.7. The van der Waals surface area contributed by atoms with Crippen LogP contribution in [0.1, 0.15) is 12.1 Å².